The van der Waals surface area contributed by atoms with Crippen LogP contribution in [0.25, 0.3) is 0 Å². The molecule has 0 aliphatic rings. The normalized spacial score (nSPS) is 12.4. The molecule has 0 aliphatic carbocycles. The molecular formula is C15H32N4O. The van der Waals surface area contributed by atoms with Crippen molar-refractivity contribution in [3.8, 4) is 0 Å². The molecule has 0 saturated heterocycles. The van der Waals surface area contributed by atoms with Crippen molar-refractivity contribution in [3.63, 3.8) is 0 Å². The number of carbonyl (C=O) groups is 1. The molecule has 0 spiro atoms. The Balaban J connectivity index is 4.47. The van der Waals surface area contributed by atoms with Crippen LogP contribution in [0, 0.1) is 11.3 Å². The van der Waals surface area contributed by atoms with Crippen LogP contribution in [0.2, 0.25) is 0 Å². The van der Waals surface area contributed by atoms with E-state index in [1.165, 1.54) is 0 Å². The first-order valence-electron chi connectivity index (χ1n) is 7.64. The van der Waals surface area contributed by atoms with Gasteiger partial charge in [0.05, 0.1) is 12.0 Å². The third-order valence-corrected chi connectivity index (χ3v) is 2.94. The van der Waals surface area contributed by atoms with Crippen LogP contribution in [0.1, 0.15) is 48.0 Å². The van der Waals surface area contributed by atoms with Gasteiger partial charge >= 0.3 is 0 Å². The average molecular weight is 284 g/mol. The second kappa shape index (κ2) is 9.61. The van der Waals surface area contributed by atoms with E-state index in [2.05, 4.69) is 34.8 Å². The second-order valence-electron chi connectivity index (χ2n) is 6.05. The Hall–Kier alpha value is -1.26. The van der Waals surface area contributed by atoms with Gasteiger partial charge < -0.3 is 16.0 Å². The van der Waals surface area contributed by atoms with Crippen molar-refractivity contribution in [3.05, 3.63) is 0 Å². The van der Waals surface area contributed by atoms with Crippen molar-refractivity contribution < 1.29 is 4.79 Å². The van der Waals surface area contributed by atoms with E-state index in [1.54, 1.807) is 0 Å². The largest absolute Gasteiger partial charge is 0.357 e. The van der Waals surface area contributed by atoms with Crippen LogP contribution in [0.15, 0.2) is 4.99 Å². The molecule has 20 heavy (non-hydrogen) atoms. The second-order valence-corrected chi connectivity index (χ2v) is 6.05. The molecule has 0 rings (SSSR count). The van der Waals surface area contributed by atoms with Crippen molar-refractivity contribution in [1.29, 1.82) is 0 Å². The van der Waals surface area contributed by atoms with E-state index >= 15 is 0 Å². The number of hydrogen-bond donors (Lipinski definition) is 3. The summed E-state index contributed by atoms with van der Waals surface area (Å²) in [6.45, 7) is 15.0. The highest BCUT2D eigenvalue weighted by molar-refractivity contribution is 5.83. The monoisotopic (exact) mass is 284 g/mol. The molecule has 0 fully saturated rings. The first kappa shape index (κ1) is 18.7. The third-order valence-electron chi connectivity index (χ3n) is 2.94. The first-order chi connectivity index (χ1) is 9.33. The molecule has 118 valence electrons. The maximum absolute atomic E-state index is 11.9. The van der Waals surface area contributed by atoms with Crippen molar-refractivity contribution >= 4 is 11.9 Å². The minimum atomic E-state index is -0.490. The Morgan fingerprint density at radius 1 is 1.10 bits per heavy atom. The molecular weight excluding hydrogens is 252 g/mol. The Morgan fingerprint density at radius 2 is 1.70 bits per heavy atom. The fourth-order valence-electron chi connectivity index (χ4n) is 1.57. The number of guanidine groups is 1. The Bertz CT molecular complexity index is 311. The molecule has 0 saturated carbocycles. The molecule has 3 N–H and O–H groups in total. The molecule has 1 amide bonds. The van der Waals surface area contributed by atoms with Gasteiger partial charge in [0.1, 0.15) is 0 Å². The van der Waals surface area contributed by atoms with Crippen LogP contribution in [-0.4, -0.2) is 38.0 Å². The average Bonchev–Trinajstić information content (AvgIpc) is 2.36. The van der Waals surface area contributed by atoms with E-state index in [0.717, 1.165) is 25.5 Å². The van der Waals surface area contributed by atoms with Gasteiger partial charge in [-0.3, -0.25) is 9.79 Å². The zero-order valence-electron chi connectivity index (χ0n) is 14.0. The highest BCUT2D eigenvalue weighted by Crippen LogP contribution is 2.15. The predicted molar refractivity (Wildman–Crippen MR) is 85.9 cm³/mol. The van der Waals surface area contributed by atoms with Gasteiger partial charge in [-0.2, -0.15) is 0 Å². The summed E-state index contributed by atoms with van der Waals surface area (Å²) in [7, 11) is 0. The Kier molecular flexibility index (Phi) is 9.01. The zero-order chi connectivity index (χ0) is 15.6. The molecule has 0 aliphatic heterocycles. The van der Waals surface area contributed by atoms with Crippen molar-refractivity contribution in [2.75, 3.05) is 26.2 Å². The molecule has 5 heteroatoms. The number of amides is 1. The van der Waals surface area contributed by atoms with E-state index in [9.17, 15) is 4.79 Å². The van der Waals surface area contributed by atoms with E-state index in [0.29, 0.717) is 19.0 Å². The molecule has 0 aromatic carbocycles. The molecule has 0 aromatic heterocycles. The van der Waals surface area contributed by atoms with E-state index in [-0.39, 0.29) is 5.91 Å². The molecule has 0 heterocycles. The van der Waals surface area contributed by atoms with Crippen LogP contribution >= 0.6 is 0 Å². The summed E-state index contributed by atoms with van der Waals surface area (Å²) in [6, 6.07) is 0. The van der Waals surface area contributed by atoms with E-state index in [4.69, 9.17) is 0 Å². The summed E-state index contributed by atoms with van der Waals surface area (Å²) >= 11 is 0. The fourth-order valence-corrected chi connectivity index (χ4v) is 1.57. The van der Waals surface area contributed by atoms with Gasteiger partial charge in [0, 0.05) is 19.6 Å². The number of nitrogens with one attached hydrogen (secondary N) is 3. The van der Waals surface area contributed by atoms with Crippen molar-refractivity contribution in [2.45, 2.75) is 48.0 Å². The lowest BCUT2D eigenvalue weighted by Gasteiger charge is -2.22. The summed E-state index contributed by atoms with van der Waals surface area (Å²) in [5, 5.41) is 9.36. The number of carbonyl (C=O) groups excluding carboxylic acids is 1. The van der Waals surface area contributed by atoms with Crippen LogP contribution < -0.4 is 16.0 Å². The summed E-state index contributed by atoms with van der Waals surface area (Å²) < 4.78 is 0. The molecule has 0 unspecified atom stereocenters. The van der Waals surface area contributed by atoms with Crippen LogP contribution in [0.4, 0.5) is 0 Å². The summed E-state index contributed by atoms with van der Waals surface area (Å²) in [5.74, 6) is 1.49. The first-order valence-corrected chi connectivity index (χ1v) is 7.64. The van der Waals surface area contributed by atoms with E-state index in [1.807, 2.05) is 27.7 Å². The fraction of sp³-hybridized carbons (Fsp3) is 0.867. The van der Waals surface area contributed by atoms with Gasteiger partial charge in [-0.25, -0.2) is 0 Å². The molecule has 0 radical (unpaired) electrons. The molecule has 0 atom stereocenters. The predicted octanol–water partition coefficient (Wildman–Crippen LogP) is 1.75. The SMILES string of the molecule is CCNC(=O)C(C)(C)CN=C(NCC)NCCC(C)C. The van der Waals surface area contributed by atoms with Crippen LogP contribution in [0.5, 0.6) is 0 Å². The lowest BCUT2D eigenvalue weighted by molar-refractivity contribution is -0.128. The summed E-state index contributed by atoms with van der Waals surface area (Å²) in [4.78, 5) is 16.4. The zero-order valence-corrected chi connectivity index (χ0v) is 14.0. The number of rotatable bonds is 8. The lowest BCUT2D eigenvalue weighted by Crippen LogP contribution is -2.42. The molecule has 5 nitrogen and oxygen atoms in total. The van der Waals surface area contributed by atoms with Gasteiger partial charge in [-0.1, -0.05) is 13.8 Å². The minimum Gasteiger partial charge on any atom is -0.357 e. The molecule has 0 bridgehead atoms. The standard InChI is InChI=1S/C15H32N4O/c1-7-16-13(20)15(5,6)11-19-14(17-8-2)18-10-9-12(3)4/h12H,7-11H2,1-6H3,(H,16,20)(H2,17,18,19). The summed E-state index contributed by atoms with van der Waals surface area (Å²) in [6.07, 6.45) is 1.10. The van der Waals surface area contributed by atoms with Gasteiger partial charge in [0.2, 0.25) is 5.91 Å². The maximum Gasteiger partial charge on any atom is 0.227 e. The molecule has 0 aromatic rings. The minimum absolute atomic E-state index is 0.0433. The Labute approximate surface area is 124 Å². The topological polar surface area (TPSA) is 65.5 Å². The van der Waals surface area contributed by atoms with Crippen molar-refractivity contribution in [2.24, 2.45) is 16.3 Å². The van der Waals surface area contributed by atoms with Gasteiger partial charge in [-0.15, -0.1) is 0 Å². The smallest absolute Gasteiger partial charge is 0.227 e. The van der Waals surface area contributed by atoms with Gasteiger partial charge in [-0.05, 0) is 40.0 Å². The van der Waals surface area contributed by atoms with Gasteiger partial charge in [0.15, 0.2) is 5.96 Å². The summed E-state index contributed by atoms with van der Waals surface area (Å²) in [5.41, 5.74) is -0.490. The number of nitrogens with zero attached hydrogens (tertiary/aromatic N) is 1. The maximum atomic E-state index is 11.9. The highest BCUT2D eigenvalue weighted by atomic mass is 16.2. The van der Waals surface area contributed by atoms with Crippen LogP contribution in [0.3, 0.4) is 0 Å². The highest BCUT2D eigenvalue weighted by Gasteiger charge is 2.26. The van der Waals surface area contributed by atoms with E-state index < -0.39 is 5.41 Å². The lowest BCUT2D eigenvalue weighted by atomic mass is 9.92. The Morgan fingerprint density at radius 3 is 2.20 bits per heavy atom. The van der Waals surface area contributed by atoms with Gasteiger partial charge in [0.25, 0.3) is 0 Å². The number of aliphatic imine (C=N–C) groups is 1. The third kappa shape index (κ3) is 8.02. The number of hydrogen-bond acceptors (Lipinski definition) is 2. The van der Waals surface area contributed by atoms with Crippen molar-refractivity contribution in [1.82, 2.24) is 16.0 Å². The quantitative estimate of drug-likeness (QED) is 0.470. The van der Waals surface area contributed by atoms with Crippen LogP contribution in [-0.2, 0) is 4.79 Å².